The molecule has 0 heterocycles. The zero-order chi connectivity index (χ0) is 9.61. The largest absolute Gasteiger partial charge is 0.165 e. The fourth-order valence-electron chi connectivity index (χ4n) is 1.22. The topological polar surface area (TPSA) is 0 Å². The Morgan fingerprint density at radius 3 is 2.25 bits per heavy atom. The monoisotopic (exact) mass is 208 g/mol. The lowest BCUT2D eigenvalue weighted by Gasteiger charge is -2.28. The highest BCUT2D eigenvalue weighted by atomic mass is 35.5. The average Bonchev–Trinajstić information content (AvgIpc) is 1.95. The van der Waals surface area contributed by atoms with Gasteiger partial charge in [0.05, 0.1) is 0 Å². The fourth-order valence-corrected chi connectivity index (χ4v) is 2.29. The molecule has 0 aromatic carbocycles. The van der Waals surface area contributed by atoms with Crippen LogP contribution in [0.25, 0.3) is 0 Å². The van der Waals surface area contributed by atoms with Gasteiger partial charge in [-0.05, 0) is 36.2 Å². The van der Waals surface area contributed by atoms with Crippen LogP contribution in [-0.2, 0) is 0 Å². The molecule has 0 aliphatic rings. The highest BCUT2D eigenvalue weighted by molar-refractivity contribution is 7.98. The van der Waals surface area contributed by atoms with Crippen molar-refractivity contribution in [2.45, 2.75) is 33.6 Å². The molecule has 1 atom stereocenters. The highest BCUT2D eigenvalue weighted by Crippen LogP contribution is 2.30. The van der Waals surface area contributed by atoms with E-state index in [4.69, 9.17) is 11.6 Å². The maximum absolute atomic E-state index is 5.92. The van der Waals surface area contributed by atoms with E-state index in [0.29, 0.717) is 11.3 Å². The predicted octanol–water partition coefficient (Wildman–Crippen LogP) is 4.03. The minimum absolute atomic E-state index is 0.375. The zero-order valence-electron chi connectivity index (χ0n) is 8.69. The van der Waals surface area contributed by atoms with E-state index in [-0.39, 0.29) is 0 Å². The molecule has 0 radical (unpaired) electrons. The first kappa shape index (κ1) is 12.6. The first-order valence-corrected chi connectivity index (χ1v) is 6.50. The molecular formula is C10H21ClS. The lowest BCUT2D eigenvalue weighted by molar-refractivity contribution is 0.249. The van der Waals surface area contributed by atoms with Crippen LogP contribution in [0.1, 0.15) is 33.6 Å². The van der Waals surface area contributed by atoms with E-state index in [0.717, 1.165) is 5.88 Å². The molecule has 0 aliphatic carbocycles. The normalized spacial score (nSPS) is 14.8. The summed E-state index contributed by atoms with van der Waals surface area (Å²) in [5.41, 5.74) is 0.375. The van der Waals surface area contributed by atoms with Crippen LogP contribution in [0.2, 0.25) is 0 Å². The van der Waals surface area contributed by atoms with Gasteiger partial charge in [0, 0.05) is 5.88 Å². The van der Waals surface area contributed by atoms with Gasteiger partial charge in [-0.2, -0.15) is 11.8 Å². The molecule has 0 nitrogen and oxygen atoms in total. The van der Waals surface area contributed by atoms with Crippen molar-refractivity contribution in [1.29, 1.82) is 0 Å². The Bertz CT molecular complexity index is 107. The summed E-state index contributed by atoms with van der Waals surface area (Å²) in [7, 11) is 0. The summed E-state index contributed by atoms with van der Waals surface area (Å²) in [6.07, 6.45) is 4.73. The Balaban J connectivity index is 3.68. The third-order valence-corrected chi connectivity index (χ3v) is 3.38. The van der Waals surface area contributed by atoms with Crippen LogP contribution in [0.4, 0.5) is 0 Å². The molecule has 1 unspecified atom stereocenters. The van der Waals surface area contributed by atoms with Gasteiger partial charge in [-0.1, -0.05) is 20.8 Å². The summed E-state index contributed by atoms with van der Waals surface area (Å²) >= 11 is 7.85. The Hall–Kier alpha value is 0.640. The Morgan fingerprint density at radius 1 is 1.33 bits per heavy atom. The van der Waals surface area contributed by atoms with Gasteiger partial charge >= 0.3 is 0 Å². The first-order valence-electron chi connectivity index (χ1n) is 4.57. The lowest BCUT2D eigenvalue weighted by Crippen LogP contribution is -2.22. The van der Waals surface area contributed by atoms with E-state index in [1.807, 2.05) is 11.8 Å². The van der Waals surface area contributed by atoms with E-state index in [2.05, 4.69) is 27.0 Å². The maximum Gasteiger partial charge on any atom is 0.0256 e. The third kappa shape index (κ3) is 5.31. The second-order valence-corrected chi connectivity index (χ2v) is 5.65. The van der Waals surface area contributed by atoms with Gasteiger partial charge in [-0.3, -0.25) is 0 Å². The Morgan fingerprint density at radius 2 is 1.92 bits per heavy atom. The molecule has 12 heavy (non-hydrogen) atoms. The number of hydrogen-bond donors (Lipinski definition) is 0. The first-order chi connectivity index (χ1) is 5.52. The molecule has 0 N–H and O–H groups in total. The standard InChI is InChI=1S/C10H21ClS/c1-10(2,3)9(8-11)6-5-7-12-4/h9H,5-8H2,1-4H3. The number of thioether (sulfide) groups is 1. The summed E-state index contributed by atoms with van der Waals surface area (Å²) < 4.78 is 0. The van der Waals surface area contributed by atoms with Crippen LogP contribution in [-0.4, -0.2) is 17.9 Å². The zero-order valence-corrected chi connectivity index (χ0v) is 10.3. The van der Waals surface area contributed by atoms with Crippen LogP contribution in [0.5, 0.6) is 0 Å². The number of alkyl halides is 1. The van der Waals surface area contributed by atoms with E-state index < -0.39 is 0 Å². The van der Waals surface area contributed by atoms with E-state index in [1.165, 1.54) is 18.6 Å². The molecular weight excluding hydrogens is 188 g/mol. The summed E-state index contributed by atoms with van der Waals surface area (Å²) in [6, 6.07) is 0. The highest BCUT2D eigenvalue weighted by Gasteiger charge is 2.22. The van der Waals surface area contributed by atoms with Crippen molar-refractivity contribution in [1.82, 2.24) is 0 Å². The molecule has 0 spiro atoms. The number of rotatable bonds is 5. The van der Waals surface area contributed by atoms with E-state index in [1.54, 1.807) is 0 Å². The van der Waals surface area contributed by atoms with Crippen molar-refractivity contribution in [2.75, 3.05) is 17.9 Å². The van der Waals surface area contributed by atoms with Crippen LogP contribution in [0.15, 0.2) is 0 Å². The van der Waals surface area contributed by atoms with Gasteiger partial charge in [-0.15, -0.1) is 11.6 Å². The van der Waals surface area contributed by atoms with Crippen molar-refractivity contribution in [3.05, 3.63) is 0 Å². The quantitative estimate of drug-likeness (QED) is 0.486. The molecule has 74 valence electrons. The van der Waals surface area contributed by atoms with Gasteiger partial charge in [-0.25, -0.2) is 0 Å². The van der Waals surface area contributed by atoms with Crippen LogP contribution >= 0.6 is 23.4 Å². The lowest BCUT2D eigenvalue weighted by atomic mass is 9.79. The van der Waals surface area contributed by atoms with Crippen molar-refractivity contribution < 1.29 is 0 Å². The van der Waals surface area contributed by atoms with Gasteiger partial charge < -0.3 is 0 Å². The van der Waals surface area contributed by atoms with Crippen molar-refractivity contribution in [3.8, 4) is 0 Å². The Labute approximate surface area is 86.5 Å². The summed E-state index contributed by atoms with van der Waals surface area (Å²) in [5.74, 6) is 2.74. The third-order valence-electron chi connectivity index (χ3n) is 2.31. The maximum atomic E-state index is 5.92. The van der Waals surface area contributed by atoms with Crippen molar-refractivity contribution in [3.63, 3.8) is 0 Å². The molecule has 0 fully saturated rings. The molecule has 0 saturated heterocycles. The molecule has 0 aromatic heterocycles. The average molecular weight is 209 g/mol. The van der Waals surface area contributed by atoms with Gasteiger partial charge in [0.1, 0.15) is 0 Å². The van der Waals surface area contributed by atoms with Gasteiger partial charge in [0.25, 0.3) is 0 Å². The van der Waals surface area contributed by atoms with Gasteiger partial charge in [0.15, 0.2) is 0 Å². The minimum Gasteiger partial charge on any atom is -0.165 e. The molecule has 0 saturated carbocycles. The second kappa shape index (κ2) is 6.15. The van der Waals surface area contributed by atoms with Gasteiger partial charge in [0.2, 0.25) is 0 Å². The summed E-state index contributed by atoms with van der Waals surface area (Å²) in [4.78, 5) is 0. The summed E-state index contributed by atoms with van der Waals surface area (Å²) in [6.45, 7) is 6.83. The molecule has 0 aliphatic heterocycles. The minimum atomic E-state index is 0.375. The Kier molecular flexibility index (Phi) is 6.48. The summed E-state index contributed by atoms with van der Waals surface area (Å²) in [5, 5.41) is 0. The van der Waals surface area contributed by atoms with E-state index >= 15 is 0 Å². The molecule has 0 amide bonds. The smallest absolute Gasteiger partial charge is 0.0256 e. The molecule has 0 aromatic rings. The van der Waals surface area contributed by atoms with Crippen molar-refractivity contribution >= 4 is 23.4 Å². The van der Waals surface area contributed by atoms with E-state index in [9.17, 15) is 0 Å². The van der Waals surface area contributed by atoms with Crippen molar-refractivity contribution in [2.24, 2.45) is 11.3 Å². The van der Waals surface area contributed by atoms with Crippen LogP contribution in [0.3, 0.4) is 0 Å². The molecule has 0 bridgehead atoms. The SMILES string of the molecule is CSCCCC(CCl)C(C)(C)C. The van der Waals surface area contributed by atoms with Crippen LogP contribution < -0.4 is 0 Å². The fraction of sp³-hybridized carbons (Fsp3) is 1.00. The molecule has 0 rings (SSSR count). The predicted molar refractivity (Wildman–Crippen MR) is 61.3 cm³/mol. The van der Waals surface area contributed by atoms with Crippen LogP contribution in [0, 0.1) is 11.3 Å². The molecule has 2 heteroatoms. The second-order valence-electron chi connectivity index (χ2n) is 4.35. The number of hydrogen-bond acceptors (Lipinski definition) is 1. The number of halogens is 1.